The van der Waals surface area contributed by atoms with Crippen LogP contribution in [-0.2, 0) is 11.2 Å². The van der Waals surface area contributed by atoms with E-state index in [1.54, 1.807) is 6.20 Å². The molecule has 26 heavy (non-hydrogen) atoms. The van der Waals surface area contributed by atoms with Crippen molar-refractivity contribution in [2.75, 3.05) is 0 Å². The number of benzene rings is 2. The fourth-order valence-electron chi connectivity index (χ4n) is 3.38. The lowest BCUT2D eigenvalue weighted by Gasteiger charge is -2.18. The molecular weight excluding hydrogens is 346 g/mol. The Kier molecular flexibility index (Phi) is 4.35. The summed E-state index contributed by atoms with van der Waals surface area (Å²) in [6, 6.07) is 17.6. The summed E-state index contributed by atoms with van der Waals surface area (Å²) in [6.45, 7) is 1.53. The highest BCUT2D eigenvalue weighted by Gasteiger charge is 2.19. The summed E-state index contributed by atoms with van der Waals surface area (Å²) < 4.78 is 0. The number of aromatic nitrogens is 2. The second-order valence-electron chi connectivity index (χ2n) is 6.37. The number of nitrogens with one attached hydrogen (secondary N) is 2. The number of nitrogens with zero attached hydrogens (tertiary/aromatic N) is 1. The number of rotatable bonds is 4. The van der Waals surface area contributed by atoms with Gasteiger partial charge in [-0.05, 0) is 36.2 Å². The first-order valence-corrected chi connectivity index (χ1v) is 8.86. The minimum atomic E-state index is -0.231. The van der Waals surface area contributed by atoms with Crippen LogP contribution in [0.1, 0.15) is 24.2 Å². The predicted octanol–water partition coefficient (Wildman–Crippen LogP) is 4.79. The smallest absolute Gasteiger partial charge is 0.217 e. The van der Waals surface area contributed by atoms with Crippen molar-refractivity contribution in [2.45, 2.75) is 19.4 Å². The van der Waals surface area contributed by atoms with Crippen LogP contribution < -0.4 is 5.32 Å². The quantitative estimate of drug-likeness (QED) is 0.547. The third-order valence-corrected chi connectivity index (χ3v) is 4.77. The molecule has 0 fully saturated rings. The highest BCUT2D eigenvalue weighted by molar-refractivity contribution is 6.30. The van der Waals surface area contributed by atoms with Crippen LogP contribution in [0.3, 0.4) is 0 Å². The minimum Gasteiger partial charge on any atom is -0.353 e. The third-order valence-electron chi connectivity index (χ3n) is 4.52. The van der Waals surface area contributed by atoms with Gasteiger partial charge < -0.3 is 10.3 Å². The summed E-state index contributed by atoms with van der Waals surface area (Å²) in [7, 11) is 0. The van der Waals surface area contributed by atoms with Crippen LogP contribution in [0.4, 0.5) is 0 Å². The maximum absolute atomic E-state index is 11.8. The van der Waals surface area contributed by atoms with E-state index >= 15 is 0 Å². The van der Waals surface area contributed by atoms with E-state index in [1.165, 1.54) is 6.92 Å². The molecule has 4 nitrogen and oxygen atoms in total. The average Bonchev–Trinajstić information content (AvgIpc) is 3.01. The normalized spacial score (nSPS) is 12.4. The summed E-state index contributed by atoms with van der Waals surface area (Å²) in [4.78, 5) is 19.9. The molecule has 2 heterocycles. The molecule has 1 atom stereocenters. The Labute approximate surface area is 156 Å². The van der Waals surface area contributed by atoms with Gasteiger partial charge in [0.1, 0.15) is 0 Å². The van der Waals surface area contributed by atoms with Gasteiger partial charge in [-0.2, -0.15) is 0 Å². The van der Waals surface area contributed by atoms with Gasteiger partial charge in [0.05, 0.1) is 17.3 Å². The maximum Gasteiger partial charge on any atom is 0.217 e. The fraction of sp³-hybridized carbons (Fsp3) is 0.143. The van der Waals surface area contributed by atoms with Gasteiger partial charge in [-0.3, -0.25) is 9.78 Å². The number of carbonyl (C=O) groups excluding carboxylic acids is 1. The van der Waals surface area contributed by atoms with Gasteiger partial charge in [-0.25, -0.2) is 0 Å². The molecule has 0 aliphatic carbocycles. The minimum absolute atomic E-state index is 0.0844. The van der Waals surface area contributed by atoms with Gasteiger partial charge >= 0.3 is 0 Å². The van der Waals surface area contributed by atoms with Crippen molar-refractivity contribution in [3.8, 4) is 0 Å². The molecule has 0 saturated carbocycles. The zero-order valence-corrected chi connectivity index (χ0v) is 15.0. The van der Waals surface area contributed by atoms with Gasteiger partial charge in [-0.15, -0.1) is 0 Å². The van der Waals surface area contributed by atoms with Gasteiger partial charge in [-0.1, -0.05) is 41.9 Å². The SMILES string of the molecule is CC(=O)N[C@H](Cc1ccc(Cl)cc1)c1nccc2c1[nH]c1ccccc12. The van der Waals surface area contributed by atoms with Crippen molar-refractivity contribution in [2.24, 2.45) is 0 Å². The largest absolute Gasteiger partial charge is 0.353 e. The molecule has 0 aliphatic heterocycles. The van der Waals surface area contributed by atoms with Gasteiger partial charge in [0.2, 0.25) is 5.91 Å². The van der Waals surface area contributed by atoms with Crippen molar-refractivity contribution < 1.29 is 4.79 Å². The van der Waals surface area contributed by atoms with Crippen LogP contribution in [0.25, 0.3) is 21.8 Å². The van der Waals surface area contributed by atoms with Crippen LogP contribution in [-0.4, -0.2) is 15.9 Å². The number of pyridine rings is 1. The molecule has 0 unspecified atom stereocenters. The van der Waals surface area contributed by atoms with E-state index in [1.807, 2.05) is 48.5 Å². The molecule has 5 heteroatoms. The Bertz CT molecular complexity index is 1090. The maximum atomic E-state index is 11.8. The average molecular weight is 364 g/mol. The first-order valence-electron chi connectivity index (χ1n) is 8.48. The van der Waals surface area contributed by atoms with Crippen LogP contribution >= 0.6 is 11.6 Å². The summed E-state index contributed by atoms with van der Waals surface area (Å²) in [5, 5.41) is 6.00. The molecule has 0 aliphatic rings. The number of hydrogen-bond acceptors (Lipinski definition) is 2. The zero-order chi connectivity index (χ0) is 18.1. The van der Waals surface area contributed by atoms with Gasteiger partial charge in [0, 0.05) is 34.4 Å². The second kappa shape index (κ2) is 6.81. The number of hydrogen-bond donors (Lipinski definition) is 2. The molecule has 1 amide bonds. The summed E-state index contributed by atoms with van der Waals surface area (Å²) in [5.74, 6) is -0.0844. The Morgan fingerprint density at radius 2 is 1.88 bits per heavy atom. The van der Waals surface area contributed by atoms with Crippen molar-refractivity contribution in [1.82, 2.24) is 15.3 Å². The van der Waals surface area contributed by atoms with E-state index in [2.05, 4.69) is 21.4 Å². The number of para-hydroxylation sites is 1. The topological polar surface area (TPSA) is 57.8 Å². The van der Waals surface area contributed by atoms with Crippen molar-refractivity contribution in [3.05, 3.63) is 77.1 Å². The van der Waals surface area contributed by atoms with Crippen molar-refractivity contribution in [1.29, 1.82) is 0 Å². The first kappa shape index (κ1) is 16.6. The van der Waals surface area contributed by atoms with E-state index in [9.17, 15) is 4.79 Å². The second-order valence-corrected chi connectivity index (χ2v) is 6.81. The molecule has 4 rings (SSSR count). The number of carbonyl (C=O) groups is 1. The zero-order valence-electron chi connectivity index (χ0n) is 14.3. The lowest BCUT2D eigenvalue weighted by atomic mass is 10.0. The van der Waals surface area contributed by atoms with Crippen LogP contribution in [0.5, 0.6) is 0 Å². The Morgan fingerprint density at radius 3 is 2.65 bits per heavy atom. The van der Waals surface area contributed by atoms with Gasteiger partial charge in [0.25, 0.3) is 0 Å². The standard InChI is InChI=1S/C21H18ClN3O/c1-13(26)24-19(12-14-6-8-15(22)9-7-14)21-20-17(10-11-23-21)16-4-2-3-5-18(16)25-20/h2-11,19,25H,12H2,1H3,(H,24,26)/t19-/m1/s1. The van der Waals surface area contributed by atoms with E-state index in [-0.39, 0.29) is 11.9 Å². The highest BCUT2D eigenvalue weighted by atomic mass is 35.5. The molecule has 2 aromatic heterocycles. The fourth-order valence-corrected chi connectivity index (χ4v) is 3.50. The lowest BCUT2D eigenvalue weighted by Crippen LogP contribution is -2.28. The van der Waals surface area contributed by atoms with E-state index in [0.717, 1.165) is 33.1 Å². The third kappa shape index (κ3) is 3.16. The number of fused-ring (bicyclic) bond motifs is 3. The van der Waals surface area contributed by atoms with Crippen LogP contribution in [0.2, 0.25) is 5.02 Å². The van der Waals surface area contributed by atoms with Crippen LogP contribution in [0, 0.1) is 0 Å². The molecule has 2 aromatic carbocycles. The molecule has 0 spiro atoms. The molecule has 4 aromatic rings. The predicted molar refractivity (Wildman–Crippen MR) is 105 cm³/mol. The first-order chi connectivity index (χ1) is 12.6. The monoisotopic (exact) mass is 363 g/mol. The molecule has 0 radical (unpaired) electrons. The summed E-state index contributed by atoms with van der Waals surface area (Å²) >= 11 is 5.99. The van der Waals surface area contributed by atoms with E-state index < -0.39 is 0 Å². The number of H-pyrrole nitrogens is 1. The Balaban J connectivity index is 1.82. The molecule has 0 saturated heterocycles. The number of halogens is 1. The summed E-state index contributed by atoms with van der Waals surface area (Å²) in [5.41, 5.74) is 3.94. The summed E-state index contributed by atoms with van der Waals surface area (Å²) in [6.07, 6.45) is 2.44. The Hall–Kier alpha value is -2.85. The molecular formula is C21H18ClN3O. The molecule has 0 bridgehead atoms. The molecule has 130 valence electrons. The number of aromatic amines is 1. The van der Waals surface area contributed by atoms with Crippen molar-refractivity contribution >= 4 is 39.3 Å². The van der Waals surface area contributed by atoms with Crippen LogP contribution in [0.15, 0.2) is 60.8 Å². The number of amides is 1. The Morgan fingerprint density at radius 1 is 1.12 bits per heavy atom. The van der Waals surface area contributed by atoms with Crippen molar-refractivity contribution in [3.63, 3.8) is 0 Å². The van der Waals surface area contributed by atoms with E-state index in [4.69, 9.17) is 11.6 Å². The highest BCUT2D eigenvalue weighted by Crippen LogP contribution is 2.30. The lowest BCUT2D eigenvalue weighted by molar-refractivity contribution is -0.119. The van der Waals surface area contributed by atoms with E-state index in [0.29, 0.717) is 11.4 Å². The molecule has 2 N–H and O–H groups in total. The van der Waals surface area contributed by atoms with Gasteiger partial charge in [0.15, 0.2) is 0 Å².